The van der Waals surface area contributed by atoms with Crippen LogP contribution in [-0.2, 0) is 4.74 Å². The second-order valence-corrected chi connectivity index (χ2v) is 3.87. The average molecular weight is 188 g/mol. The van der Waals surface area contributed by atoms with E-state index in [4.69, 9.17) is 4.74 Å². The molecule has 0 aliphatic rings. The lowest BCUT2D eigenvalue weighted by Gasteiger charge is -2.13. The van der Waals surface area contributed by atoms with Gasteiger partial charge in [-0.05, 0) is 18.8 Å². The normalized spacial score (nSPS) is 15.7. The van der Waals surface area contributed by atoms with Crippen molar-refractivity contribution in [3.8, 4) is 0 Å². The first kappa shape index (κ1) is 12.9. The molecule has 0 aromatic heterocycles. The van der Waals surface area contributed by atoms with Gasteiger partial charge in [-0.2, -0.15) is 0 Å². The van der Waals surface area contributed by atoms with E-state index in [1.54, 1.807) is 0 Å². The van der Waals surface area contributed by atoms with Gasteiger partial charge in [0.2, 0.25) is 0 Å². The molecule has 13 heavy (non-hydrogen) atoms. The lowest BCUT2D eigenvalue weighted by atomic mass is 10.1. The van der Waals surface area contributed by atoms with Crippen molar-refractivity contribution in [2.45, 2.75) is 52.6 Å². The molecule has 2 atom stereocenters. The molecular formula is C11H24O2. The van der Waals surface area contributed by atoms with E-state index >= 15 is 0 Å². The quantitative estimate of drug-likeness (QED) is 0.634. The van der Waals surface area contributed by atoms with Gasteiger partial charge in [0.25, 0.3) is 0 Å². The molecule has 2 heteroatoms. The van der Waals surface area contributed by atoms with Crippen LogP contribution in [0.25, 0.3) is 0 Å². The Bertz CT molecular complexity index is 92.3. The maximum atomic E-state index is 9.37. The molecule has 0 rings (SSSR count). The topological polar surface area (TPSA) is 29.5 Å². The summed E-state index contributed by atoms with van der Waals surface area (Å²) in [6, 6.07) is 0. The Morgan fingerprint density at radius 3 is 2.23 bits per heavy atom. The summed E-state index contributed by atoms with van der Waals surface area (Å²) in [5, 5.41) is 9.37. The largest absolute Gasteiger partial charge is 0.391 e. The zero-order chi connectivity index (χ0) is 10.1. The molecule has 1 N–H and O–H groups in total. The summed E-state index contributed by atoms with van der Waals surface area (Å²) in [6.45, 7) is 7.73. The van der Waals surface area contributed by atoms with E-state index in [-0.39, 0.29) is 6.10 Å². The fourth-order valence-corrected chi connectivity index (χ4v) is 1.40. The Kier molecular flexibility index (Phi) is 8.46. The molecule has 0 radical (unpaired) electrons. The van der Waals surface area contributed by atoms with E-state index < -0.39 is 0 Å². The summed E-state index contributed by atoms with van der Waals surface area (Å²) >= 11 is 0. The van der Waals surface area contributed by atoms with Crippen molar-refractivity contribution in [1.82, 2.24) is 0 Å². The lowest BCUT2D eigenvalue weighted by Crippen LogP contribution is -2.17. The molecule has 0 bridgehead atoms. The molecule has 0 amide bonds. The maximum Gasteiger partial charge on any atom is 0.0773 e. The van der Waals surface area contributed by atoms with Crippen LogP contribution in [0.2, 0.25) is 0 Å². The van der Waals surface area contributed by atoms with E-state index in [1.807, 2.05) is 0 Å². The Balaban J connectivity index is 3.23. The molecular weight excluding hydrogens is 164 g/mol. The van der Waals surface area contributed by atoms with Crippen molar-refractivity contribution in [2.75, 3.05) is 13.2 Å². The third-order valence-corrected chi connectivity index (χ3v) is 2.12. The number of aliphatic hydroxyl groups is 1. The highest BCUT2D eigenvalue weighted by molar-refractivity contribution is 4.54. The van der Waals surface area contributed by atoms with Gasteiger partial charge in [-0.25, -0.2) is 0 Å². The van der Waals surface area contributed by atoms with E-state index in [0.29, 0.717) is 12.5 Å². The molecule has 0 aliphatic heterocycles. The summed E-state index contributed by atoms with van der Waals surface area (Å²) in [5.74, 6) is 0.624. The van der Waals surface area contributed by atoms with Crippen molar-refractivity contribution in [2.24, 2.45) is 5.92 Å². The van der Waals surface area contributed by atoms with E-state index in [2.05, 4.69) is 20.8 Å². The average Bonchev–Trinajstić information content (AvgIpc) is 2.05. The third kappa shape index (κ3) is 8.26. The predicted molar refractivity (Wildman–Crippen MR) is 55.8 cm³/mol. The number of hydrogen-bond acceptors (Lipinski definition) is 2. The first-order valence-electron chi connectivity index (χ1n) is 5.46. The van der Waals surface area contributed by atoms with Crippen LogP contribution < -0.4 is 0 Å². The third-order valence-electron chi connectivity index (χ3n) is 2.12. The lowest BCUT2D eigenvalue weighted by molar-refractivity contribution is 0.0185. The first-order chi connectivity index (χ1) is 6.20. The molecule has 0 aromatic rings. The number of hydrogen-bond donors (Lipinski definition) is 1. The van der Waals surface area contributed by atoms with Gasteiger partial charge in [-0.3, -0.25) is 0 Å². The SMILES string of the molecule is CCCC(C)COCC(O)CCC. The molecule has 80 valence electrons. The van der Waals surface area contributed by atoms with Crippen LogP contribution in [0.15, 0.2) is 0 Å². The minimum atomic E-state index is -0.265. The first-order valence-corrected chi connectivity index (χ1v) is 5.46. The van der Waals surface area contributed by atoms with Crippen molar-refractivity contribution >= 4 is 0 Å². The summed E-state index contributed by atoms with van der Waals surface area (Å²) in [5.41, 5.74) is 0. The second kappa shape index (κ2) is 8.52. The molecule has 0 fully saturated rings. The minimum Gasteiger partial charge on any atom is -0.391 e. The van der Waals surface area contributed by atoms with Crippen molar-refractivity contribution in [3.05, 3.63) is 0 Å². The smallest absolute Gasteiger partial charge is 0.0773 e. The zero-order valence-electron chi connectivity index (χ0n) is 9.25. The second-order valence-electron chi connectivity index (χ2n) is 3.87. The Morgan fingerprint density at radius 1 is 1.08 bits per heavy atom. The van der Waals surface area contributed by atoms with Crippen molar-refractivity contribution < 1.29 is 9.84 Å². The molecule has 0 spiro atoms. The number of rotatable bonds is 8. The monoisotopic (exact) mass is 188 g/mol. The van der Waals surface area contributed by atoms with Crippen LogP contribution in [-0.4, -0.2) is 24.4 Å². The summed E-state index contributed by atoms with van der Waals surface area (Å²) < 4.78 is 5.41. The van der Waals surface area contributed by atoms with Crippen LogP contribution in [0, 0.1) is 5.92 Å². The summed E-state index contributed by atoms with van der Waals surface area (Å²) in [6.07, 6.45) is 4.03. The fourth-order valence-electron chi connectivity index (χ4n) is 1.40. The van der Waals surface area contributed by atoms with Crippen LogP contribution in [0.1, 0.15) is 46.5 Å². The maximum absolute atomic E-state index is 9.37. The standard InChI is InChI=1S/C11H24O2/c1-4-6-10(3)8-13-9-11(12)7-5-2/h10-12H,4-9H2,1-3H3. The van der Waals surface area contributed by atoms with E-state index in [9.17, 15) is 5.11 Å². The number of aliphatic hydroxyl groups excluding tert-OH is 1. The Morgan fingerprint density at radius 2 is 1.69 bits per heavy atom. The van der Waals surface area contributed by atoms with Crippen molar-refractivity contribution in [3.63, 3.8) is 0 Å². The predicted octanol–water partition coefficient (Wildman–Crippen LogP) is 2.60. The van der Waals surface area contributed by atoms with Gasteiger partial charge in [0.05, 0.1) is 12.7 Å². The van der Waals surface area contributed by atoms with Crippen molar-refractivity contribution in [1.29, 1.82) is 0 Å². The van der Waals surface area contributed by atoms with Gasteiger partial charge in [-0.15, -0.1) is 0 Å². The highest BCUT2D eigenvalue weighted by Crippen LogP contribution is 2.06. The van der Waals surface area contributed by atoms with Crippen LogP contribution in [0.3, 0.4) is 0 Å². The van der Waals surface area contributed by atoms with Gasteiger partial charge >= 0.3 is 0 Å². The van der Waals surface area contributed by atoms with E-state index in [0.717, 1.165) is 19.4 Å². The molecule has 2 unspecified atom stereocenters. The molecule has 2 nitrogen and oxygen atoms in total. The van der Waals surface area contributed by atoms with E-state index in [1.165, 1.54) is 12.8 Å². The molecule has 0 aliphatic carbocycles. The number of ether oxygens (including phenoxy) is 1. The van der Waals surface area contributed by atoms with Gasteiger partial charge in [0.15, 0.2) is 0 Å². The molecule has 0 aromatic carbocycles. The van der Waals surface area contributed by atoms with Gasteiger partial charge in [-0.1, -0.05) is 33.6 Å². The van der Waals surface area contributed by atoms with Gasteiger partial charge in [0, 0.05) is 6.61 Å². The molecule has 0 saturated heterocycles. The molecule has 0 heterocycles. The minimum absolute atomic E-state index is 0.265. The zero-order valence-corrected chi connectivity index (χ0v) is 9.25. The fraction of sp³-hybridized carbons (Fsp3) is 1.00. The highest BCUT2D eigenvalue weighted by atomic mass is 16.5. The van der Waals surface area contributed by atoms with Crippen LogP contribution >= 0.6 is 0 Å². The Labute approximate surface area is 82.3 Å². The van der Waals surface area contributed by atoms with Crippen LogP contribution in [0.4, 0.5) is 0 Å². The van der Waals surface area contributed by atoms with Gasteiger partial charge < -0.3 is 9.84 Å². The van der Waals surface area contributed by atoms with Gasteiger partial charge in [0.1, 0.15) is 0 Å². The Hall–Kier alpha value is -0.0800. The van der Waals surface area contributed by atoms with Crippen LogP contribution in [0.5, 0.6) is 0 Å². The molecule has 0 saturated carbocycles. The summed E-state index contributed by atoms with van der Waals surface area (Å²) in [7, 11) is 0. The summed E-state index contributed by atoms with van der Waals surface area (Å²) in [4.78, 5) is 0. The highest BCUT2D eigenvalue weighted by Gasteiger charge is 2.04.